The summed E-state index contributed by atoms with van der Waals surface area (Å²) in [6.45, 7) is 0. The smallest absolute Gasteiger partial charge is 0.309 e. The van der Waals surface area contributed by atoms with Crippen LogP contribution in [0.15, 0.2) is 24.3 Å². The van der Waals surface area contributed by atoms with Gasteiger partial charge in [-0.15, -0.1) is 0 Å². The Morgan fingerprint density at radius 3 is 2.38 bits per heavy atom. The molecule has 6 heteroatoms. The van der Waals surface area contributed by atoms with Crippen LogP contribution in [0.3, 0.4) is 0 Å². The van der Waals surface area contributed by atoms with E-state index in [-0.39, 0.29) is 12.2 Å². The van der Waals surface area contributed by atoms with Gasteiger partial charge in [-0.3, -0.25) is 4.79 Å². The van der Waals surface area contributed by atoms with Gasteiger partial charge in [-0.2, -0.15) is 0 Å². The van der Waals surface area contributed by atoms with Crippen LogP contribution in [0.4, 0.5) is 0 Å². The van der Waals surface area contributed by atoms with E-state index in [1.807, 2.05) is 0 Å². The summed E-state index contributed by atoms with van der Waals surface area (Å²) < 4.78 is 26.4. The normalized spacial score (nSPS) is 11.1. The minimum absolute atomic E-state index is 0.0408. The largest absolute Gasteiger partial charge is 0.469 e. The van der Waals surface area contributed by atoms with Crippen molar-refractivity contribution < 1.29 is 17.9 Å². The van der Waals surface area contributed by atoms with Crippen LogP contribution in [0, 0.1) is 0 Å². The molecule has 0 fully saturated rings. The predicted octanol–water partition coefficient (Wildman–Crippen LogP) is 1.47. The van der Waals surface area contributed by atoms with Crippen molar-refractivity contribution >= 4 is 25.7 Å². The van der Waals surface area contributed by atoms with E-state index in [4.69, 9.17) is 10.7 Å². The Bertz CT molecular complexity index is 481. The first-order chi connectivity index (χ1) is 7.42. The fourth-order valence-corrected chi connectivity index (χ4v) is 2.29. The van der Waals surface area contributed by atoms with E-state index in [1.54, 1.807) is 24.3 Å². The zero-order valence-electron chi connectivity index (χ0n) is 8.64. The van der Waals surface area contributed by atoms with Crippen LogP contribution < -0.4 is 0 Å². The van der Waals surface area contributed by atoms with Crippen LogP contribution in [-0.4, -0.2) is 21.5 Å². The third kappa shape index (κ3) is 4.20. The second-order valence-electron chi connectivity index (χ2n) is 3.20. The van der Waals surface area contributed by atoms with Crippen LogP contribution in [0.5, 0.6) is 0 Å². The highest BCUT2D eigenvalue weighted by Crippen LogP contribution is 2.15. The molecular weight excluding hydrogens is 252 g/mol. The predicted molar refractivity (Wildman–Crippen MR) is 60.6 cm³/mol. The number of rotatable bonds is 4. The number of methoxy groups -OCH3 is 1. The molecule has 1 aromatic rings. The first kappa shape index (κ1) is 13.0. The van der Waals surface area contributed by atoms with Crippen molar-refractivity contribution in [1.29, 1.82) is 0 Å². The van der Waals surface area contributed by atoms with Crippen molar-refractivity contribution in [3.05, 3.63) is 35.4 Å². The lowest BCUT2D eigenvalue weighted by Gasteiger charge is -2.06. The minimum atomic E-state index is -3.62. The summed E-state index contributed by atoms with van der Waals surface area (Å²) in [5.74, 6) is -0.707. The number of benzene rings is 1. The van der Waals surface area contributed by atoms with Crippen molar-refractivity contribution in [3.63, 3.8) is 0 Å². The molecule has 0 N–H and O–H groups in total. The summed E-state index contributed by atoms with van der Waals surface area (Å²) in [4.78, 5) is 11.1. The van der Waals surface area contributed by atoms with Crippen LogP contribution in [0.25, 0.3) is 0 Å². The molecule has 0 aliphatic carbocycles. The van der Waals surface area contributed by atoms with Gasteiger partial charge < -0.3 is 4.74 Å². The Morgan fingerprint density at radius 2 is 1.88 bits per heavy atom. The maximum absolute atomic E-state index is 11.1. The number of esters is 1. The number of carbonyl (C=O) groups excluding carboxylic acids is 1. The maximum Gasteiger partial charge on any atom is 0.309 e. The molecule has 1 rings (SSSR count). The molecule has 0 amide bonds. The third-order valence-corrected chi connectivity index (χ3v) is 2.99. The quantitative estimate of drug-likeness (QED) is 0.609. The number of hydrogen-bond donors (Lipinski definition) is 0. The molecule has 0 atom stereocenters. The summed E-state index contributed by atoms with van der Waals surface area (Å²) in [6.07, 6.45) is 0.0408. The van der Waals surface area contributed by atoms with Gasteiger partial charge in [-0.1, -0.05) is 24.3 Å². The maximum atomic E-state index is 11.1. The van der Waals surface area contributed by atoms with Crippen LogP contribution in [-0.2, 0) is 30.8 Å². The SMILES string of the molecule is COC(=O)Cc1ccccc1CS(=O)(=O)Cl. The number of ether oxygens (including phenoxy) is 1. The molecule has 16 heavy (non-hydrogen) atoms. The highest BCUT2D eigenvalue weighted by molar-refractivity contribution is 8.13. The van der Waals surface area contributed by atoms with Gasteiger partial charge in [-0.25, -0.2) is 8.42 Å². The van der Waals surface area contributed by atoms with E-state index >= 15 is 0 Å². The van der Waals surface area contributed by atoms with Gasteiger partial charge in [0.2, 0.25) is 9.05 Å². The Morgan fingerprint density at radius 1 is 1.31 bits per heavy atom. The van der Waals surface area contributed by atoms with Crippen LogP contribution in [0.1, 0.15) is 11.1 Å². The Hall–Kier alpha value is -1.07. The van der Waals surface area contributed by atoms with E-state index < -0.39 is 15.0 Å². The molecule has 0 unspecified atom stereocenters. The zero-order valence-corrected chi connectivity index (χ0v) is 10.2. The van der Waals surface area contributed by atoms with Crippen molar-refractivity contribution in [2.24, 2.45) is 0 Å². The van der Waals surface area contributed by atoms with Gasteiger partial charge in [0, 0.05) is 10.7 Å². The summed E-state index contributed by atoms with van der Waals surface area (Å²) in [7, 11) is 2.83. The van der Waals surface area contributed by atoms with Crippen molar-refractivity contribution in [2.45, 2.75) is 12.2 Å². The Labute approximate surface area is 98.6 Å². The highest BCUT2D eigenvalue weighted by Gasteiger charge is 2.13. The molecule has 0 saturated carbocycles. The molecule has 0 saturated heterocycles. The number of carbonyl (C=O) groups is 1. The topological polar surface area (TPSA) is 60.4 Å². The van der Waals surface area contributed by atoms with Gasteiger partial charge in [0.25, 0.3) is 0 Å². The van der Waals surface area contributed by atoms with E-state index in [0.29, 0.717) is 11.1 Å². The number of hydrogen-bond acceptors (Lipinski definition) is 4. The third-order valence-electron chi connectivity index (χ3n) is 2.01. The van der Waals surface area contributed by atoms with E-state index in [2.05, 4.69) is 4.74 Å². The van der Waals surface area contributed by atoms with E-state index in [1.165, 1.54) is 7.11 Å². The molecule has 1 aromatic carbocycles. The lowest BCUT2D eigenvalue weighted by Crippen LogP contribution is -2.08. The second kappa shape index (κ2) is 5.32. The molecule has 0 aromatic heterocycles. The van der Waals surface area contributed by atoms with Crippen molar-refractivity contribution in [1.82, 2.24) is 0 Å². The van der Waals surface area contributed by atoms with Crippen LogP contribution >= 0.6 is 10.7 Å². The standard InChI is InChI=1S/C10H11ClO4S/c1-15-10(12)6-8-4-2-3-5-9(8)7-16(11,13)14/h2-5H,6-7H2,1H3. The van der Waals surface area contributed by atoms with Gasteiger partial charge in [0.1, 0.15) is 0 Å². The minimum Gasteiger partial charge on any atom is -0.469 e. The summed E-state index contributed by atoms with van der Waals surface area (Å²) >= 11 is 0. The van der Waals surface area contributed by atoms with Gasteiger partial charge in [-0.05, 0) is 11.1 Å². The zero-order chi connectivity index (χ0) is 12.2. The monoisotopic (exact) mass is 262 g/mol. The lowest BCUT2D eigenvalue weighted by molar-refractivity contribution is -0.139. The molecule has 0 heterocycles. The Kier molecular flexibility index (Phi) is 4.32. The molecule has 4 nitrogen and oxygen atoms in total. The summed E-state index contributed by atoms with van der Waals surface area (Å²) in [6, 6.07) is 6.72. The molecule has 0 radical (unpaired) electrons. The lowest BCUT2D eigenvalue weighted by atomic mass is 10.1. The molecule has 0 aliphatic rings. The average molecular weight is 263 g/mol. The molecule has 0 bridgehead atoms. The summed E-state index contributed by atoms with van der Waals surface area (Å²) in [5, 5.41) is 0. The summed E-state index contributed by atoms with van der Waals surface area (Å²) in [5.41, 5.74) is 1.13. The molecular formula is C10H11ClO4S. The fraction of sp³-hybridized carbons (Fsp3) is 0.300. The molecule has 88 valence electrons. The molecule has 0 spiro atoms. The second-order valence-corrected chi connectivity index (χ2v) is 5.98. The fourth-order valence-electron chi connectivity index (χ4n) is 1.28. The van der Waals surface area contributed by atoms with Gasteiger partial charge >= 0.3 is 5.97 Å². The van der Waals surface area contributed by atoms with Gasteiger partial charge in [0.05, 0.1) is 19.3 Å². The molecule has 0 aliphatic heterocycles. The highest BCUT2D eigenvalue weighted by atomic mass is 35.7. The van der Waals surface area contributed by atoms with Crippen molar-refractivity contribution in [3.8, 4) is 0 Å². The van der Waals surface area contributed by atoms with Gasteiger partial charge in [0.15, 0.2) is 0 Å². The first-order valence-corrected chi connectivity index (χ1v) is 6.96. The number of halogens is 1. The Balaban J connectivity index is 2.96. The van der Waals surface area contributed by atoms with Crippen molar-refractivity contribution in [2.75, 3.05) is 7.11 Å². The average Bonchev–Trinajstić information content (AvgIpc) is 2.18. The van der Waals surface area contributed by atoms with E-state index in [9.17, 15) is 13.2 Å². The first-order valence-electron chi connectivity index (χ1n) is 4.48. The van der Waals surface area contributed by atoms with E-state index in [0.717, 1.165) is 0 Å². The van der Waals surface area contributed by atoms with Crippen LogP contribution in [0.2, 0.25) is 0 Å².